The molecule has 1 aromatic heterocycles. The minimum Gasteiger partial charge on any atom is -0.369 e. The van der Waals surface area contributed by atoms with Gasteiger partial charge < -0.3 is 10.3 Å². The van der Waals surface area contributed by atoms with Gasteiger partial charge in [-0.15, -0.1) is 0 Å². The van der Waals surface area contributed by atoms with Crippen molar-refractivity contribution in [3.63, 3.8) is 0 Å². The van der Waals surface area contributed by atoms with Gasteiger partial charge in [-0.25, -0.2) is 18.1 Å². The number of H-pyrrole nitrogens is 1. The quantitative estimate of drug-likeness (QED) is 0.471. The van der Waals surface area contributed by atoms with Crippen LogP contribution in [0.1, 0.15) is 6.42 Å². The van der Waals surface area contributed by atoms with Crippen LogP contribution in [0.2, 0.25) is 0 Å². The molecule has 0 amide bonds. The summed E-state index contributed by atoms with van der Waals surface area (Å²) in [7, 11) is -3.13. The Hall–Kier alpha value is -0.680. The fourth-order valence-corrected chi connectivity index (χ4v) is 2.06. The summed E-state index contributed by atoms with van der Waals surface area (Å²) in [5.41, 5.74) is -0.197. The van der Waals surface area contributed by atoms with E-state index in [2.05, 4.69) is 20.0 Å². The van der Waals surface area contributed by atoms with E-state index in [4.69, 9.17) is 0 Å². The smallest absolute Gasteiger partial charge is 0.266 e. The first-order valence-corrected chi connectivity index (χ1v) is 7.79. The molecular weight excluding hydrogens is 359 g/mol. The summed E-state index contributed by atoms with van der Waals surface area (Å²) in [6.45, 7) is 0.889. The molecule has 0 aliphatic rings. The summed E-state index contributed by atoms with van der Waals surface area (Å²) in [4.78, 5) is 17.7. The van der Waals surface area contributed by atoms with Crippen LogP contribution in [0.25, 0.3) is 0 Å². The second kappa shape index (κ2) is 6.31. The second-order valence-electron chi connectivity index (χ2n) is 3.34. The molecule has 0 fully saturated rings. The Morgan fingerprint density at radius 2 is 2.18 bits per heavy atom. The van der Waals surface area contributed by atoms with E-state index in [0.717, 1.165) is 6.26 Å². The molecule has 0 saturated heterocycles. The monoisotopic (exact) mass is 372 g/mol. The van der Waals surface area contributed by atoms with Crippen LogP contribution in [-0.4, -0.2) is 37.7 Å². The van der Waals surface area contributed by atoms with Gasteiger partial charge in [-0.3, -0.25) is 4.79 Å². The number of nitrogens with one attached hydrogen (secondary N) is 3. The number of nitrogens with zero attached hydrogens (tertiary/aromatic N) is 1. The van der Waals surface area contributed by atoms with Crippen LogP contribution in [0.15, 0.2) is 11.1 Å². The lowest BCUT2D eigenvalue weighted by atomic mass is 10.4. The number of hydrogen-bond acceptors (Lipinski definition) is 5. The van der Waals surface area contributed by atoms with Gasteiger partial charge in [0.05, 0.1) is 12.6 Å². The highest BCUT2D eigenvalue weighted by atomic mass is 127. The van der Waals surface area contributed by atoms with Gasteiger partial charge in [0.2, 0.25) is 10.0 Å². The van der Waals surface area contributed by atoms with Crippen molar-refractivity contribution in [3.05, 3.63) is 20.3 Å². The van der Waals surface area contributed by atoms with E-state index >= 15 is 0 Å². The van der Waals surface area contributed by atoms with E-state index < -0.39 is 10.0 Å². The van der Waals surface area contributed by atoms with Gasteiger partial charge in [0, 0.05) is 13.1 Å². The summed E-state index contributed by atoms with van der Waals surface area (Å²) in [5.74, 6) is 0.508. The Balaban J connectivity index is 2.37. The zero-order valence-electron chi connectivity index (χ0n) is 9.16. The first kappa shape index (κ1) is 14.4. The Kier molecular flexibility index (Phi) is 5.33. The summed E-state index contributed by atoms with van der Waals surface area (Å²) in [6, 6.07) is 0. The van der Waals surface area contributed by atoms with Gasteiger partial charge in [-0.2, -0.15) is 0 Å². The average molecular weight is 372 g/mol. The molecule has 1 rings (SSSR count). The van der Waals surface area contributed by atoms with Crippen molar-refractivity contribution in [2.75, 3.05) is 24.7 Å². The maximum atomic E-state index is 11.2. The van der Waals surface area contributed by atoms with Crippen molar-refractivity contribution < 1.29 is 8.42 Å². The Labute approximate surface area is 113 Å². The minimum atomic E-state index is -3.13. The average Bonchev–Trinajstić information content (AvgIpc) is 2.22. The molecule has 0 unspecified atom stereocenters. The predicted octanol–water partition coefficient (Wildman–Crippen LogP) is -0.274. The SMILES string of the molecule is CS(=O)(=O)NCCCNc1nc[nH]c(=O)c1I. The molecule has 3 N–H and O–H groups in total. The third kappa shape index (κ3) is 5.46. The number of aromatic amines is 1. The van der Waals surface area contributed by atoms with Crippen molar-refractivity contribution >= 4 is 38.4 Å². The van der Waals surface area contributed by atoms with Crippen LogP contribution in [0.5, 0.6) is 0 Å². The molecule has 0 atom stereocenters. The van der Waals surface area contributed by atoms with Gasteiger partial charge in [0.25, 0.3) is 5.56 Å². The molecule has 0 bridgehead atoms. The first-order valence-electron chi connectivity index (χ1n) is 4.82. The van der Waals surface area contributed by atoms with Gasteiger partial charge >= 0.3 is 0 Å². The molecule has 96 valence electrons. The molecule has 1 aromatic rings. The van der Waals surface area contributed by atoms with Crippen molar-refractivity contribution in [3.8, 4) is 0 Å². The van der Waals surface area contributed by atoms with Gasteiger partial charge in [0.1, 0.15) is 9.39 Å². The molecule has 0 spiro atoms. The number of sulfonamides is 1. The zero-order chi connectivity index (χ0) is 12.9. The third-order valence-electron chi connectivity index (χ3n) is 1.81. The zero-order valence-corrected chi connectivity index (χ0v) is 12.1. The molecule has 0 aliphatic carbocycles. The lowest BCUT2D eigenvalue weighted by Gasteiger charge is -2.06. The van der Waals surface area contributed by atoms with E-state index in [1.165, 1.54) is 6.33 Å². The molecule has 9 heteroatoms. The molecule has 0 radical (unpaired) electrons. The Bertz CT molecular complexity index is 528. The van der Waals surface area contributed by atoms with Crippen molar-refractivity contribution in [1.82, 2.24) is 14.7 Å². The van der Waals surface area contributed by atoms with Gasteiger partial charge in [-0.05, 0) is 29.0 Å². The van der Waals surface area contributed by atoms with Crippen LogP contribution in [0.3, 0.4) is 0 Å². The maximum absolute atomic E-state index is 11.2. The molecule has 7 nitrogen and oxygen atoms in total. The molecule has 0 saturated carbocycles. The Morgan fingerprint density at radius 3 is 2.82 bits per heavy atom. The standard InChI is InChI=1S/C8H13IN4O3S/c1-17(15,16)13-4-2-3-10-7-6(9)8(14)12-5-11-7/h5,13H,2-4H2,1H3,(H2,10,11,12,14). The highest BCUT2D eigenvalue weighted by Gasteiger charge is 2.04. The van der Waals surface area contributed by atoms with E-state index in [1.54, 1.807) is 0 Å². The molecule has 1 heterocycles. The highest BCUT2D eigenvalue weighted by molar-refractivity contribution is 14.1. The summed E-state index contributed by atoms with van der Waals surface area (Å²) in [5, 5.41) is 2.97. The van der Waals surface area contributed by atoms with Crippen molar-refractivity contribution in [2.24, 2.45) is 0 Å². The Morgan fingerprint density at radius 1 is 1.47 bits per heavy atom. The summed E-state index contributed by atoms with van der Waals surface area (Å²) < 4.78 is 24.4. The van der Waals surface area contributed by atoms with Crippen LogP contribution >= 0.6 is 22.6 Å². The molecular formula is C8H13IN4O3S. The fourth-order valence-electron chi connectivity index (χ4n) is 1.06. The number of halogens is 1. The van der Waals surface area contributed by atoms with Crippen molar-refractivity contribution in [2.45, 2.75) is 6.42 Å². The molecule has 0 aliphatic heterocycles. The number of aromatic nitrogens is 2. The minimum absolute atomic E-state index is 0.197. The van der Waals surface area contributed by atoms with E-state index in [0.29, 0.717) is 28.9 Å². The number of rotatable bonds is 6. The second-order valence-corrected chi connectivity index (χ2v) is 6.25. The third-order valence-corrected chi connectivity index (χ3v) is 3.54. The van der Waals surface area contributed by atoms with E-state index in [9.17, 15) is 13.2 Å². The predicted molar refractivity (Wildman–Crippen MR) is 73.5 cm³/mol. The lowest BCUT2D eigenvalue weighted by Crippen LogP contribution is -2.25. The number of hydrogen-bond donors (Lipinski definition) is 3. The van der Waals surface area contributed by atoms with Crippen LogP contribution < -0.4 is 15.6 Å². The van der Waals surface area contributed by atoms with E-state index in [-0.39, 0.29) is 5.56 Å². The van der Waals surface area contributed by atoms with Crippen molar-refractivity contribution in [1.29, 1.82) is 0 Å². The van der Waals surface area contributed by atoms with Gasteiger partial charge in [-0.1, -0.05) is 0 Å². The number of anilines is 1. The van der Waals surface area contributed by atoms with Crippen LogP contribution in [0, 0.1) is 3.57 Å². The van der Waals surface area contributed by atoms with Crippen LogP contribution in [-0.2, 0) is 10.0 Å². The normalized spacial score (nSPS) is 11.4. The summed E-state index contributed by atoms with van der Waals surface area (Å²) >= 11 is 1.90. The largest absolute Gasteiger partial charge is 0.369 e. The fraction of sp³-hybridized carbons (Fsp3) is 0.500. The first-order chi connectivity index (χ1) is 7.90. The topological polar surface area (TPSA) is 104 Å². The molecule has 17 heavy (non-hydrogen) atoms. The van der Waals surface area contributed by atoms with Gasteiger partial charge in [0.15, 0.2) is 0 Å². The highest BCUT2D eigenvalue weighted by Crippen LogP contribution is 2.07. The van der Waals surface area contributed by atoms with Crippen LogP contribution in [0.4, 0.5) is 5.82 Å². The summed E-state index contributed by atoms with van der Waals surface area (Å²) in [6.07, 6.45) is 3.04. The van der Waals surface area contributed by atoms with E-state index in [1.807, 2.05) is 22.6 Å². The molecule has 0 aromatic carbocycles. The maximum Gasteiger partial charge on any atom is 0.266 e. The lowest BCUT2D eigenvalue weighted by molar-refractivity contribution is 0.586.